The van der Waals surface area contributed by atoms with Gasteiger partial charge in [-0.1, -0.05) is 40.2 Å². The standard InChI is InChI=1S/C15H17BrN4O3S/c1-20(2)24(22,23)19-14-12(10-6-8-11(16)9-7-10)4-3-5-13(14)18-15(17)21/h3-9,19H,1-2H3,(H3,17,18,21). The smallest absolute Gasteiger partial charge is 0.316 e. The fourth-order valence-corrected chi connectivity index (χ4v) is 2.91. The number of nitrogens with zero attached hydrogens (tertiary/aromatic N) is 1. The van der Waals surface area contributed by atoms with Crippen molar-refractivity contribution in [1.29, 1.82) is 0 Å². The van der Waals surface area contributed by atoms with Gasteiger partial charge in [0.05, 0.1) is 11.4 Å². The van der Waals surface area contributed by atoms with E-state index in [0.717, 1.165) is 14.3 Å². The van der Waals surface area contributed by atoms with Crippen molar-refractivity contribution in [3.63, 3.8) is 0 Å². The van der Waals surface area contributed by atoms with E-state index in [9.17, 15) is 13.2 Å². The van der Waals surface area contributed by atoms with E-state index >= 15 is 0 Å². The number of amides is 2. The summed E-state index contributed by atoms with van der Waals surface area (Å²) in [6.07, 6.45) is 0. The van der Waals surface area contributed by atoms with E-state index in [1.54, 1.807) is 18.2 Å². The summed E-state index contributed by atoms with van der Waals surface area (Å²) < 4.78 is 28.9. The van der Waals surface area contributed by atoms with Crippen LogP contribution in [0.25, 0.3) is 11.1 Å². The van der Waals surface area contributed by atoms with Crippen molar-refractivity contribution in [2.45, 2.75) is 0 Å². The van der Waals surface area contributed by atoms with E-state index in [-0.39, 0.29) is 11.4 Å². The molecule has 0 bridgehead atoms. The fourth-order valence-electron chi connectivity index (χ4n) is 1.99. The first-order chi connectivity index (χ1) is 11.2. The van der Waals surface area contributed by atoms with E-state index in [1.807, 2.05) is 24.3 Å². The first kappa shape index (κ1) is 18.2. The maximum Gasteiger partial charge on any atom is 0.316 e. The van der Waals surface area contributed by atoms with Gasteiger partial charge < -0.3 is 11.1 Å². The number of anilines is 2. The summed E-state index contributed by atoms with van der Waals surface area (Å²) in [7, 11) is -0.949. The van der Waals surface area contributed by atoms with Crippen molar-refractivity contribution in [3.05, 3.63) is 46.9 Å². The minimum Gasteiger partial charge on any atom is -0.351 e. The van der Waals surface area contributed by atoms with Crippen LogP contribution in [0.15, 0.2) is 46.9 Å². The van der Waals surface area contributed by atoms with Crippen LogP contribution in [0.2, 0.25) is 0 Å². The van der Waals surface area contributed by atoms with E-state index in [0.29, 0.717) is 5.56 Å². The van der Waals surface area contributed by atoms with Gasteiger partial charge in [0.25, 0.3) is 0 Å². The maximum atomic E-state index is 12.2. The second kappa shape index (κ2) is 7.20. The van der Waals surface area contributed by atoms with Gasteiger partial charge in [-0.15, -0.1) is 0 Å². The van der Waals surface area contributed by atoms with Gasteiger partial charge in [-0.3, -0.25) is 4.72 Å². The van der Waals surface area contributed by atoms with Crippen molar-refractivity contribution < 1.29 is 13.2 Å². The molecular weight excluding hydrogens is 396 g/mol. The Balaban J connectivity index is 2.62. The van der Waals surface area contributed by atoms with Gasteiger partial charge in [0.15, 0.2) is 0 Å². The predicted molar refractivity (Wildman–Crippen MR) is 99.0 cm³/mol. The second-order valence-electron chi connectivity index (χ2n) is 5.11. The molecule has 4 N–H and O–H groups in total. The summed E-state index contributed by atoms with van der Waals surface area (Å²) in [5.74, 6) is 0. The molecule has 0 radical (unpaired) electrons. The number of nitrogens with two attached hydrogens (primary N) is 1. The number of rotatable bonds is 5. The average Bonchev–Trinajstić information content (AvgIpc) is 2.49. The molecule has 24 heavy (non-hydrogen) atoms. The van der Waals surface area contributed by atoms with Crippen molar-refractivity contribution in [2.75, 3.05) is 24.1 Å². The van der Waals surface area contributed by atoms with Crippen molar-refractivity contribution in [3.8, 4) is 11.1 Å². The summed E-state index contributed by atoms with van der Waals surface area (Å²) >= 11 is 3.36. The van der Waals surface area contributed by atoms with Gasteiger partial charge in [0, 0.05) is 24.1 Å². The van der Waals surface area contributed by atoms with Gasteiger partial charge in [0.1, 0.15) is 0 Å². The van der Waals surface area contributed by atoms with Crippen molar-refractivity contribution in [2.24, 2.45) is 5.73 Å². The molecule has 0 saturated carbocycles. The molecule has 0 aliphatic carbocycles. The Kier molecular flexibility index (Phi) is 5.47. The summed E-state index contributed by atoms with van der Waals surface area (Å²) in [6, 6.07) is 11.6. The highest BCUT2D eigenvalue weighted by Crippen LogP contribution is 2.35. The number of hydrogen-bond acceptors (Lipinski definition) is 3. The number of halogens is 1. The number of carbonyl (C=O) groups excluding carboxylic acids is 1. The van der Waals surface area contributed by atoms with Crippen molar-refractivity contribution in [1.82, 2.24) is 4.31 Å². The van der Waals surface area contributed by atoms with Crippen LogP contribution in [0, 0.1) is 0 Å². The van der Waals surface area contributed by atoms with E-state index in [2.05, 4.69) is 26.0 Å². The Morgan fingerprint density at radius 3 is 2.29 bits per heavy atom. The van der Waals surface area contributed by atoms with E-state index in [1.165, 1.54) is 14.1 Å². The topological polar surface area (TPSA) is 105 Å². The van der Waals surface area contributed by atoms with Crippen LogP contribution in [0.3, 0.4) is 0 Å². The van der Waals surface area contributed by atoms with Gasteiger partial charge in [-0.25, -0.2) is 4.79 Å². The SMILES string of the molecule is CN(C)S(=O)(=O)Nc1c(NC(N)=O)cccc1-c1ccc(Br)cc1. The minimum atomic E-state index is -3.77. The minimum absolute atomic E-state index is 0.243. The molecule has 128 valence electrons. The lowest BCUT2D eigenvalue weighted by atomic mass is 10.0. The number of primary amides is 1. The number of carbonyl (C=O) groups is 1. The number of urea groups is 1. The maximum absolute atomic E-state index is 12.2. The largest absolute Gasteiger partial charge is 0.351 e. The van der Waals surface area contributed by atoms with Gasteiger partial charge in [-0.2, -0.15) is 12.7 Å². The third-order valence-corrected chi connectivity index (χ3v) is 5.14. The quantitative estimate of drug-likeness (QED) is 0.702. The number of benzene rings is 2. The highest BCUT2D eigenvalue weighted by Gasteiger charge is 2.19. The fraction of sp³-hybridized carbons (Fsp3) is 0.133. The molecule has 0 aliphatic rings. The highest BCUT2D eigenvalue weighted by molar-refractivity contribution is 9.10. The summed E-state index contributed by atoms with van der Waals surface area (Å²) in [6.45, 7) is 0. The molecule has 2 aromatic rings. The average molecular weight is 413 g/mol. The lowest BCUT2D eigenvalue weighted by Crippen LogP contribution is -2.30. The molecule has 2 amide bonds. The number of nitrogens with one attached hydrogen (secondary N) is 2. The Bertz CT molecular complexity index is 852. The zero-order valence-electron chi connectivity index (χ0n) is 13.1. The highest BCUT2D eigenvalue weighted by atomic mass is 79.9. The second-order valence-corrected chi connectivity index (χ2v) is 7.91. The summed E-state index contributed by atoms with van der Waals surface area (Å²) in [5.41, 5.74) is 7.09. The van der Waals surface area contributed by atoms with Crippen molar-refractivity contribution >= 4 is 43.5 Å². The summed E-state index contributed by atoms with van der Waals surface area (Å²) in [5, 5.41) is 2.44. The Morgan fingerprint density at radius 2 is 1.75 bits per heavy atom. The Labute approximate surface area is 149 Å². The molecular formula is C15H17BrN4O3S. The van der Waals surface area contributed by atoms with E-state index < -0.39 is 16.2 Å². The van der Waals surface area contributed by atoms with Gasteiger partial charge in [0.2, 0.25) is 0 Å². The van der Waals surface area contributed by atoms with Crippen LogP contribution < -0.4 is 15.8 Å². The van der Waals surface area contributed by atoms with Crippen LogP contribution in [0.1, 0.15) is 0 Å². The molecule has 0 unspecified atom stereocenters. The molecule has 0 aromatic heterocycles. The molecule has 7 nitrogen and oxygen atoms in total. The van der Waals surface area contributed by atoms with Crippen LogP contribution in [0.4, 0.5) is 16.2 Å². The zero-order valence-corrected chi connectivity index (χ0v) is 15.5. The molecule has 0 aliphatic heterocycles. The zero-order chi connectivity index (χ0) is 17.9. The first-order valence-corrected chi connectivity index (χ1v) is 9.09. The third-order valence-electron chi connectivity index (χ3n) is 3.19. The molecule has 0 fully saturated rings. The van der Waals surface area contributed by atoms with E-state index in [4.69, 9.17) is 5.73 Å². The number of hydrogen-bond donors (Lipinski definition) is 3. The van der Waals surface area contributed by atoms with Gasteiger partial charge >= 0.3 is 16.2 Å². The predicted octanol–water partition coefficient (Wildman–Crippen LogP) is 2.83. The lowest BCUT2D eigenvalue weighted by Gasteiger charge is -2.19. The molecule has 9 heteroatoms. The monoisotopic (exact) mass is 412 g/mol. The van der Waals surface area contributed by atoms with Crippen LogP contribution in [-0.4, -0.2) is 32.8 Å². The third kappa shape index (κ3) is 4.25. The van der Waals surface area contributed by atoms with Crippen LogP contribution >= 0.6 is 15.9 Å². The Hall–Kier alpha value is -2.10. The molecule has 2 aromatic carbocycles. The normalized spacial score (nSPS) is 11.3. The molecule has 0 atom stereocenters. The van der Waals surface area contributed by atoms with Gasteiger partial charge in [-0.05, 0) is 23.8 Å². The molecule has 0 heterocycles. The lowest BCUT2D eigenvalue weighted by molar-refractivity contribution is 0.259. The van der Waals surface area contributed by atoms with Crippen LogP contribution in [-0.2, 0) is 10.2 Å². The summed E-state index contributed by atoms with van der Waals surface area (Å²) in [4.78, 5) is 11.2. The van der Waals surface area contributed by atoms with Crippen LogP contribution in [0.5, 0.6) is 0 Å². The molecule has 2 rings (SSSR count). The first-order valence-electron chi connectivity index (χ1n) is 6.86. The molecule has 0 spiro atoms. The Morgan fingerprint density at radius 1 is 1.12 bits per heavy atom. The number of para-hydroxylation sites is 1. The molecule has 0 saturated heterocycles.